The molecular weight excluding hydrogens is 288 g/mol. The largest absolute Gasteiger partial charge is 0.379 e. The van der Waals surface area contributed by atoms with Crippen molar-refractivity contribution in [2.75, 3.05) is 26.3 Å². The van der Waals surface area contributed by atoms with Crippen molar-refractivity contribution < 1.29 is 4.74 Å². The van der Waals surface area contributed by atoms with E-state index in [1.165, 1.54) is 43.6 Å². The van der Waals surface area contributed by atoms with Crippen LogP contribution in [0.2, 0.25) is 0 Å². The maximum atomic E-state index is 5.66. The van der Waals surface area contributed by atoms with E-state index in [1.54, 1.807) is 0 Å². The summed E-state index contributed by atoms with van der Waals surface area (Å²) < 4.78 is 8.02. The number of nitrogens with zero attached hydrogens (tertiary/aromatic N) is 2. The highest BCUT2D eigenvalue weighted by atomic mass is 16.5. The summed E-state index contributed by atoms with van der Waals surface area (Å²) in [6, 6.07) is 1.19. The van der Waals surface area contributed by atoms with Crippen LogP contribution in [-0.2, 0) is 24.1 Å². The highest BCUT2D eigenvalue weighted by Gasteiger charge is 2.34. The Kier molecular flexibility index (Phi) is 4.97. The van der Waals surface area contributed by atoms with Gasteiger partial charge >= 0.3 is 0 Å². The van der Waals surface area contributed by atoms with Crippen molar-refractivity contribution in [2.45, 2.75) is 63.6 Å². The number of rotatable bonds is 5. The zero-order chi connectivity index (χ0) is 15.5. The number of aryl methyl sites for hydroxylation is 2. The molecular formula is C18H30N4O. The van der Waals surface area contributed by atoms with Gasteiger partial charge in [-0.3, -0.25) is 0 Å². The zero-order valence-corrected chi connectivity index (χ0v) is 14.1. The summed E-state index contributed by atoms with van der Waals surface area (Å²) in [6.07, 6.45) is 11.1. The van der Waals surface area contributed by atoms with Crippen LogP contribution in [0, 0.1) is 5.92 Å². The lowest BCUT2D eigenvalue weighted by atomic mass is 9.94. The predicted molar refractivity (Wildman–Crippen MR) is 90.6 cm³/mol. The Bertz CT molecular complexity index is 486. The highest BCUT2D eigenvalue weighted by molar-refractivity contribution is 5.07. The molecule has 23 heavy (non-hydrogen) atoms. The minimum atomic E-state index is 0.545. The first kappa shape index (κ1) is 15.6. The first-order valence-corrected chi connectivity index (χ1v) is 9.49. The first-order valence-electron chi connectivity index (χ1n) is 9.49. The third-order valence-electron chi connectivity index (χ3n) is 5.78. The molecule has 1 saturated carbocycles. The molecule has 1 aromatic rings. The van der Waals surface area contributed by atoms with Gasteiger partial charge in [-0.15, -0.1) is 0 Å². The van der Waals surface area contributed by atoms with Crippen molar-refractivity contribution in [3.8, 4) is 0 Å². The van der Waals surface area contributed by atoms with Gasteiger partial charge in [0.25, 0.3) is 0 Å². The molecule has 2 fully saturated rings. The molecule has 5 heteroatoms. The number of hydrogen-bond acceptors (Lipinski definition) is 4. The van der Waals surface area contributed by atoms with E-state index in [9.17, 15) is 0 Å². The molecule has 0 radical (unpaired) electrons. The number of ether oxygens (including phenoxy) is 1. The molecule has 0 amide bonds. The maximum absolute atomic E-state index is 5.66. The van der Waals surface area contributed by atoms with Crippen LogP contribution < -0.4 is 10.6 Å². The number of hydrogen-bond donors (Lipinski definition) is 2. The SMILES string of the molecule is c1c(CCNC2CCCC2C2COCCN2)nc2n1CCCC2. The van der Waals surface area contributed by atoms with Crippen LogP contribution in [0.5, 0.6) is 0 Å². The van der Waals surface area contributed by atoms with E-state index in [1.807, 2.05) is 0 Å². The maximum Gasteiger partial charge on any atom is 0.108 e. The quantitative estimate of drug-likeness (QED) is 0.864. The fourth-order valence-electron chi connectivity index (χ4n) is 4.56. The van der Waals surface area contributed by atoms with Gasteiger partial charge in [0, 0.05) is 50.8 Å². The minimum Gasteiger partial charge on any atom is -0.379 e. The third-order valence-corrected chi connectivity index (χ3v) is 5.78. The highest BCUT2D eigenvalue weighted by Crippen LogP contribution is 2.29. The van der Waals surface area contributed by atoms with E-state index in [0.717, 1.165) is 51.6 Å². The predicted octanol–water partition coefficient (Wildman–Crippen LogP) is 1.51. The molecule has 3 atom stereocenters. The molecule has 2 aliphatic heterocycles. The Balaban J connectivity index is 1.27. The molecule has 1 saturated heterocycles. The van der Waals surface area contributed by atoms with Crippen LogP contribution in [0.15, 0.2) is 6.20 Å². The molecule has 0 bridgehead atoms. The number of imidazole rings is 1. The lowest BCUT2D eigenvalue weighted by Gasteiger charge is -2.33. The van der Waals surface area contributed by atoms with Crippen molar-refractivity contribution in [3.63, 3.8) is 0 Å². The number of nitrogens with one attached hydrogen (secondary N) is 2. The molecule has 0 spiro atoms. The Hall–Kier alpha value is -0.910. The third kappa shape index (κ3) is 3.62. The Morgan fingerprint density at radius 2 is 2.30 bits per heavy atom. The average Bonchev–Trinajstić information content (AvgIpc) is 3.22. The van der Waals surface area contributed by atoms with Crippen LogP contribution in [-0.4, -0.2) is 47.9 Å². The van der Waals surface area contributed by atoms with Crippen LogP contribution in [0.3, 0.4) is 0 Å². The second kappa shape index (κ2) is 7.32. The lowest BCUT2D eigenvalue weighted by Crippen LogP contribution is -2.51. The summed E-state index contributed by atoms with van der Waals surface area (Å²) in [7, 11) is 0. The normalized spacial score (nSPS) is 31.2. The molecule has 1 aromatic heterocycles. The number of fused-ring (bicyclic) bond motifs is 1. The Morgan fingerprint density at radius 1 is 1.30 bits per heavy atom. The summed E-state index contributed by atoms with van der Waals surface area (Å²) in [6.45, 7) is 4.97. The van der Waals surface area contributed by atoms with Gasteiger partial charge < -0.3 is 19.9 Å². The molecule has 1 aliphatic carbocycles. The van der Waals surface area contributed by atoms with Crippen molar-refractivity contribution in [1.82, 2.24) is 20.2 Å². The molecule has 4 rings (SSSR count). The van der Waals surface area contributed by atoms with Crippen molar-refractivity contribution in [1.29, 1.82) is 0 Å². The van der Waals surface area contributed by atoms with Gasteiger partial charge in [0.15, 0.2) is 0 Å². The second-order valence-electron chi connectivity index (χ2n) is 7.34. The molecule has 3 heterocycles. The van der Waals surface area contributed by atoms with Gasteiger partial charge in [0.1, 0.15) is 5.82 Å². The summed E-state index contributed by atoms with van der Waals surface area (Å²) in [5, 5.41) is 7.46. The van der Waals surface area contributed by atoms with E-state index in [2.05, 4.69) is 21.4 Å². The number of morpholine rings is 1. The van der Waals surface area contributed by atoms with Crippen LogP contribution in [0.25, 0.3) is 0 Å². The second-order valence-corrected chi connectivity index (χ2v) is 7.34. The van der Waals surface area contributed by atoms with E-state index in [-0.39, 0.29) is 0 Å². The van der Waals surface area contributed by atoms with Gasteiger partial charge in [-0.05, 0) is 31.6 Å². The monoisotopic (exact) mass is 318 g/mol. The van der Waals surface area contributed by atoms with Crippen LogP contribution in [0.4, 0.5) is 0 Å². The van der Waals surface area contributed by atoms with E-state index < -0.39 is 0 Å². The smallest absolute Gasteiger partial charge is 0.108 e. The minimum absolute atomic E-state index is 0.545. The van der Waals surface area contributed by atoms with Crippen molar-refractivity contribution in [3.05, 3.63) is 17.7 Å². The van der Waals surface area contributed by atoms with Crippen molar-refractivity contribution in [2.24, 2.45) is 5.92 Å². The Morgan fingerprint density at radius 3 is 3.17 bits per heavy atom. The summed E-state index contributed by atoms with van der Waals surface area (Å²) >= 11 is 0. The van der Waals surface area contributed by atoms with Gasteiger partial charge in [-0.1, -0.05) is 6.42 Å². The molecule has 5 nitrogen and oxygen atoms in total. The van der Waals surface area contributed by atoms with Gasteiger partial charge in [0.05, 0.1) is 18.9 Å². The van der Waals surface area contributed by atoms with E-state index >= 15 is 0 Å². The van der Waals surface area contributed by atoms with E-state index in [0.29, 0.717) is 12.1 Å². The molecule has 3 unspecified atom stereocenters. The Labute approximate surface area is 139 Å². The summed E-state index contributed by atoms with van der Waals surface area (Å²) in [5.74, 6) is 2.03. The fourth-order valence-corrected chi connectivity index (χ4v) is 4.56. The van der Waals surface area contributed by atoms with Gasteiger partial charge in [0.2, 0.25) is 0 Å². The van der Waals surface area contributed by atoms with Gasteiger partial charge in [-0.25, -0.2) is 4.98 Å². The lowest BCUT2D eigenvalue weighted by molar-refractivity contribution is 0.0526. The zero-order valence-electron chi connectivity index (χ0n) is 14.1. The fraction of sp³-hybridized carbons (Fsp3) is 0.833. The molecule has 128 valence electrons. The average molecular weight is 318 g/mol. The van der Waals surface area contributed by atoms with Crippen LogP contribution >= 0.6 is 0 Å². The number of aromatic nitrogens is 2. The van der Waals surface area contributed by atoms with Crippen molar-refractivity contribution >= 4 is 0 Å². The van der Waals surface area contributed by atoms with Gasteiger partial charge in [-0.2, -0.15) is 0 Å². The summed E-state index contributed by atoms with van der Waals surface area (Å²) in [4.78, 5) is 4.81. The van der Waals surface area contributed by atoms with E-state index in [4.69, 9.17) is 9.72 Å². The first-order chi connectivity index (χ1) is 11.4. The summed E-state index contributed by atoms with van der Waals surface area (Å²) in [5.41, 5.74) is 1.27. The molecule has 0 aromatic carbocycles. The standard InChI is InChI=1S/C18H30N4O/c1-2-10-22-12-14(21-18(22)6-1)7-8-19-16-5-3-4-15(16)17-13-23-11-9-20-17/h12,15-17,19-20H,1-11,13H2. The topological polar surface area (TPSA) is 51.1 Å². The molecule has 3 aliphatic rings. The van der Waals surface area contributed by atoms with Crippen LogP contribution in [0.1, 0.15) is 43.6 Å². The molecule has 2 N–H and O–H groups in total.